The van der Waals surface area contributed by atoms with Crippen LogP contribution >= 0.6 is 0 Å². The van der Waals surface area contributed by atoms with E-state index in [4.69, 9.17) is 0 Å². The van der Waals surface area contributed by atoms with Gasteiger partial charge in [-0.05, 0) is 50.4 Å². The third-order valence-corrected chi connectivity index (χ3v) is 4.90. The molecule has 22 heavy (non-hydrogen) atoms. The fourth-order valence-corrected chi connectivity index (χ4v) is 3.37. The molecule has 1 saturated carbocycles. The summed E-state index contributed by atoms with van der Waals surface area (Å²) in [6.45, 7) is 2.72. The summed E-state index contributed by atoms with van der Waals surface area (Å²) in [6, 6.07) is 3.95. The molecule has 1 N–H and O–H groups in total. The number of aliphatic hydroxyl groups is 1. The van der Waals surface area contributed by atoms with Gasteiger partial charge >= 0.3 is 0 Å². The second-order valence-corrected chi connectivity index (χ2v) is 6.81. The van der Waals surface area contributed by atoms with Crippen LogP contribution < -0.4 is 0 Å². The monoisotopic (exact) mass is 303 g/mol. The molecule has 1 aromatic heterocycles. The number of carbonyl (C=O) groups is 1. The normalized spacial score (nSPS) is 23.6. The first-order chi connectivity index (χ1) is 10.6. The van der Waals surface area contributed by atoms with Gasteiger partial charge in [0.15, 0.2) is 0 Å². The van der Waals surface area contributed by atoms with Crippen LogP contribution in [-0.2, 0) is 11.3 Å². The molecule has 120 valence electrons. The lowest BCUT2D eigenvalue weighted by Gasteiger charge is -2.36. The summed E-state index contributed by atoms with van der Waals surface area (Å²) in [4.78, 5) is 20.5. The van der Waals surface area contributed by atoms with E-state index < -0.39 is 5.60 Å². The molecular weight excluding hydrogens is 278 g/mol. The van der Waals surface area contributed by atoms with Gasteiger partial charge in [0, 0.05) is 37.9 Å². The fourth-order valence-electron chi connectivity index (χ4n) is 3.37. The van der Waals surface area contributed by atoms with Crippen molar-refractivity contribution in [2.24, 2.45) is 5.92 Å². The minimum atomic E-state index is -0.470. The van der Waals surface area contributed by atoms with Crippen molar-refractivity contribution in [3.05, 3.63) is 30.1 Å². The first-order valence-corrected chi connectivity index (χ1v) is 8.14. The third-order valence-electron chi connectivity index (χ3n) is 4.90. The number of piperidine rings is 1. The van der Waals surface area contributed by atoms with E-state index >= 15 is 0 Å². The number of likely N-dealkylation sites (N-methyl/N-ethyl adjacent to an activating group) is 1. The highest BCUT2D eigenvalue weighted by Crippen LogP contribution is 2.45. The Kier molecular flexibility index (Phi) is 4.45. The first kappa shape index (κ1) is 15.4. The van der Waals surface area contributed by atoms with Gasteiger partial charge in [0.1, 0.15) is 0 Å². The van der Waals surface area contributed by atoms with Gasteiger partial charge < -0.3 is 10.0 Å². The molecule has 5 heteroatoms. The number of likely N-dealkylation sites (tertiary alicyclic amines) is 1. The average molecular weight is 303 g/mol. The van der Waals surface area contributed by atoms with Gasteiger partial charge in [-0.1, -0.05) is 0 Å². The van der Waals surface area contributed by atoms with Gasteiger partial charge in [-0.25, -0.2) is 0 Å². The first-order valence-electron chi connectivity index (χ1n) is 8.14. The largest absolute Gasteiger partial charge is 0.390 e. The highest BCUT2D eigenvalue weighted by Gasteiger charge is 2.48. The molecule has 0 aromatic carbocycles. The smallest absolute Gasteiger partial charge is 0.236 e. The van der Waals surface area contributed by atoms with Crippen molar-refractivity contribution in [2.75, 3.05) is 26.7 Å². The van der Waals surface area contributed by atoms with Crippen LogP contribution in [0.15, 0.2) is 24.5 Å². The Hall–Kier alpha value is -1.46. The van der Waals surface area contributed by atoms with E-state index in [1.807, 2.05) is 29.0 Å². The molecule has 0 spiro atoms. The Balaban J connectivity index is 1.50. The Bertz CT molecular complexity index is 516. The summed E-state index contributed by atoms with van der Waals surface area (Å²) >= 11 is 0. The summed E-state index contributed by atoms with van der Waals surface area (Å²) in [7, 11) is 1.97. The Morgan fingerprint density at radius 2 is 2.18 bits per heavy atom. The van der Waals surface area contributed by atoms with E-state index in [1.165, 1.54) is 0 Å². The molecular formula is C17H25N3O2. The lowest BCUT2D eigenvalue weighted by Crippen LogP contribution is -2.47. The molecule has 2 fully saturated rings. The van der Waals surface area contributed by atoms with Gasteiger partial charge in [0.25, 0.3) is 0 Å². The molecule has 1 atom stereocenters. The zero-order chi connectivity index (χ0) is 15.6. The lowest BCUT2D eigenvalue weighted by atomic mass is 9.90. The predicted octanol–water partition coefficient (Wildman–Crippen LogP) is 1.28. The molecule has 1 aliphatic carbocycles. The van der Waals surface area contributed by atoms with Gasteiger partial charge in [-0.3, -0.25) is 14.7 Å². The Morgan fingerprint density at radius 1 is 1.45 bits per heavy atom. The summed E-state index contributed by atoms with van der Waals surface area (Å²) in [5.74, 6) is 0.446. The number of hydrogen-bond donors (Lipinski definition) is 1. The quantitative estimate of drug-likeness (QED) is 0.890. The number of aromatic nitrogens is 1. The average Bonchev–Trinajstić information content (AvgIpc) is 3.27. The van der Waals surface area contributed by atoms with Crippen molar-refractivity contribution in [3.63, 3.8) is 0 Å². The number of carbonyl (C=O) groups excluding carboxylic acids is 1. The molecule has 2 aliphatic rings. The predicted molar refractivity (Wildman–Crippen MR) is 84.1 cm³/mol. The zero-order valence-electron chi connectivity index (χ0n) is 13.2. The van der Waals surface area contributed by atoms with Crippen LogP contribution in [0.5, 0.6) is 0 Å². The molecule has 1 aliphatic heterocycles. The van der Waals surface area contributed by atoms with Crippen LogP contribution in [0.3, 0.4) is 0 Å². The maximum Gasteiger partial charge on any atom is 0.236 e. The molecule has 0 bridgehead atoms. The van der Waals surface area contributed by atoms with E-state index in [9.17, 15) is 9.90 Å². The highest BCUT2D eigenvalue weighted by atomic mass is 16.3. The van der Waals surface area contributed by atoms with Crippen LogP contribution in [0, 0.1) is 5.92 Å². The molecule has 1 aromatic rings. The summed E-state index contributed by atoms with van der Waals surface area (Å²) in [5, 5.41) is 10.3. The Morgan fingerprint density at radius 3 is 2.86 bits per heavy atom. The third kappa shape index (κ3) is 3.65. The highest BCUT2D eigenvalue weighted by molar-refractivity contribution is 5.78. The second kappa shape index (κ2) is 6.34. The molecule has 1 unspecified atom stereocenters. The van der Waals surface area contributed by atoms with Gasteiger partial charge in [0.2, 0.25) is 5.91 Å². The lowest BCUT2D eigenvalue weighted by molar-refractivity contribution is -0.135. The minimum absolute atomic E-state index is 0.172. The van der Waals surface area contributed by atoms with Crippen LogP contribution in [-0.4, -0.2) is 58.1 Å². The standard InChI is InChI=1S/C17H25N3O2/c1-19(11-14-4-8-18-9-5-14)13-16(21)20-10-2-3-15(12-20)17(22)6-7-17/h4-5,8-9,15,22H,2-3,6-7,10-13H2,1H3. The second-order valence-electron chi connectivity index (χ2n) is 6.81. The molecule has 2 heterocycles. The van der Waals surface area contributed by atoms with Crippen LogP contribution in [0.1, 0.15) is 31.2 Å². The van der Waals surface area contributed by atoms with Gasteiger partial charge in [-0.2, -0.15) is 0 Å². The van der Waals surface area contributed by atoms with Gasteiger partial charge in [-0.15, -0.1) is 0 Å². The number of amides is 1. The molecule has 1 saturated heterocycles. The van der Waals surface area contributed by atoms with Crippen molar-refractivity contribution in [1.29, 1.82) is 0 Å². The van der Waals surface area contributed by atoms with E-state index in [-0.39, 0.29) is 11.8 Å². The van der Waals surface area contributed by atoms with Crippen molar-refractivity contribution < 1.29 is 9.90 Å². The molecule has 0 radical (unpaired) electrons. The van der Waals surface area contributed by atoms with E-state index in [2.05, 4.69) is 4.98 Å². The van der Waals surface area contributed by atoms with Crippen molar-refractivity contribution >= 4 is 5.91 Å². The summed E-state index contributed by atoms with van der Waals surface area (Å²) in [6.07, 6.45) is 7.41. The van der Waals surface area contributed by atoms with Crippen molar-refractivity contribution in [1.82, 2.24) is 14.8 Å². The van der Waals surface area contributed by atoms with E-state index in [0.717, 1.165) is 50.9 Å². The molecule has 1 amide bonds. The summed E-state index contributed by atoms with van der Waals surface area (Å²) in [5.41, 5.74) is 0.691. The Labute approximate surface area is 131 Å². The zero-order valence-corrected chi connectivity index (χ0v) is 13.2. The maximum atomic E-state index is 12.5. The minimum Gasteiger partial charge on any atom is -0.390 e. The number of nitrogens with zero attached hydrogens (tertiary/aromatic N) is 3. The van der Waals surface area contributed by atoms with Crippen molar-refractivity contribution in [2.45, 2.75) is 37.8 Å². The molecule has 5 nitrogen and oxygen atoms in total. The fraction of sp³-hybridized carbons (Fsp3) is 0.647. The SMILES string of the molecule is CN(CC(=O)N1CCCC(C2(O)CC2)C1)Cc1ccncc1. The molecule has 3 rings (SSSR count). The number of pyridine rings is 1. The van der Waals surface area contributed by atoms with Crippen LogP contribution in [0.25, 0.3) is 0 Å². The maximum absolute atomic E-state index is 12.5. The van der Waals surface area contributed by atoms with E-state index in [1.54, 1.807) is 12.4 Å². The number of hydrogen-bond acceptors (Lipinski definition) is 4. The van der Waals surface area contributed by atoms with Crippen LogP contribution in [0.2, 0.25) is 0 Å². The summed E-state index contributed by atoms with van der Waals surface area (Å²) < 4.78 is 0. The van der Waals surface area contributed by atoms with Crippen molar-refractivity contribution in [3.8, 4) is 0 Å². The topological polar surface area (TPSA) is 56.7 Å². The van der Waals surface area contributed by atoms with Crippen LogP contribution in [0.4, 0.5) is 0 Å². The van der Waals surface area contributed by atoms with E-state index in [0.29, 0.717) is 6.54 Å². The number of rotatable bonds is 5. The van der Waals surface area contributed by atoms with Gasteiger partial charge in [0.05, 0.1) is 12.1 Å².